The molecule has 162 valence electrons. The Kier molecular flexibility index (Phi) is 6.58. The first-order valence-corrected chi connectivity index (χ1v) is 11.3. The number of nitriles is 1. The summed E-state index contributed by atoms with van der Waals surface area (Å²) in [5.74, 6) is 1.09. The molecule has 0 unspecified atom stereocenters. The maximum absolute atomic E-state index is 12.8. The van der Waals surface area contributed by atoms with Crippen LogP contribution in [0.4, 0.5) is 0 Å². The average Bonchev–Trinajstić information content (AvgIpc) is 2.82. The topological polar surface area (TPSA) is 56.6 Å². The summed E-state index contributed by atoms with van der Waals surface area (Å²) in [5, 5.41) is 8.94. The van der Waals surface area contributed by atoms with Gasteiger partial charge in [0.25, 0.3) is 5.91 Å². The third-order valence-electron chi connectivity index (χ3n) is 6.96. The lowest BCUT2D eigenvalue weighted by molar-refractivity contribution is 0.0283. The molecule has 2 aliphatic rings. The van der Waals surface area contributed by atoms with Crippen LogP contribution in [0.25, 0.3) is 0 Å². The van der Waals surface area contributed by atoms with Crippen molar-refractivity contribution in [3.8, 4) is 11.8 Å². The van der Waals surface area contributed by atoms with Gasteiger partial charge in [0.15, 0.2) is 0 Å². The van der Waals surface area contributed by atoms with Gasteiger partial charge in [-0.1, -0.05) is 18.2 Å². The highest BCUT2D eigenvalue weighted by Gasteiger charge is 2.38. The highest BCUT2D eigenvalue weighted by molar-refractivity contribution is 5.94. The van der Waals surface area contributed by atoms with Crippen molar-refractivity contribution >= 4 is 5.91 Å². The van der Waals surface area contributed by atoms with E-state index in [-0.39, 0.29) is 5.91 Å². The molecule has 4 rings (SSSR count). The van der Waals surface area contributed by atoms with Gasteiger partial charge in [0.2, 0.25) is 0 Å². The lowest BCUT2D eigenvalue weighted by atomic mass is 9.71. The van der Waals surface area contributed by atoms with E-state index in [0.29, 0.717) is 23.1 Å². The van der Waals surface area contributed by atoms with Crippen LogP contribution >= 0.6 is 0 Å². The molecular weight excluding hydrogens is 386 g/mol. The van der Waals surface area contributed by atoms with Crippen LogP contribution in [0, 0.1) is 16.7 Å². The summed E-state index contributed by atoms with van der Waals surface area (Å²) >= 11 is 0. The highest BCUT2D eigenvalue weighted by Crippen LogP contribution is 2.42. The first kappa shape index (κ1) is 21.4. The number of ether oxygens (including phenoxy) is 1. The van der Waals surface area contributed by atoms with E-state index in [9.17, 15) is 4.79 Å². The van der Waals surface area contributed by atoms with Gasteiger partial charge < -0.3 is 9.64 Å². The van der Waals surface area contributed by atoms with Crippen LogP contribution in [-0.4, -0.2) is 48.5 Å². The van der Waals surface area contributed by atoms with Gasteiger partial charge in [-0.3, -0.25) is 9.69 Å². The smallest absolute Gasteiger partial charge is 0.253 e. The van der Waals surface area contributed by atoms with Gasteiger partial charge in [-0.25, -0.2) is 0 Å². The molecule has 1 amide bonds. The number of benzene rings is 2. The molecular formula is C26H31N3O2. The van der Waals surface area contributed by atoms with Crippen LogP contribution in [0.15, 0.2) is 48.5 Å². The first-order chi connectivity index (χ1) is 15.1. The minimum Gasteiger partial charge on any atom is -0.494 e. The molecule has 2 aliphatic heterocycles. The SMILES string of the molecule is CCOc1ccccc1CN1CCC2(CC1)CCN(C(=O)c1ccc(C#N)cc1)CC2. The number of piperidine rings is 2. The van der Waals surface area contributed by atoms with E-state index >= 15 is 0 Å². The van der Waals surface area contributed by atoms with Crippen molar-refractivity contribution in [2.75, 3.05) is 32.8 Å². The summed E-state index contributed by atoms with van der Waals surface area (Å²) in [6.07, 6.45) is 4.56. The summed E-state index contributed by atoms with van der Waals surface area (Å²) in [5.41, 5.74) is 2.91. The Hall–Kier alpha value is -2.84. The zero-order valence-electron chi connectivity index (χ0n) is 18.3. The fraction of sp³-hybridized carbons (Fsp3) is 0.462. The largest absolute Gasteiger partial charge is 0.494 e. The van der Waals surface area contributed by atoms with Gasteiger partial charge in [0.05, 0.1) is 18.2 Å². The molecule has 2 aromatic rings. The van der Waals surface area contributed by atoms with Crippen molar-refractivity contribution in [1.82, 2.24) is 9.80 Å². The Morgan fingerprint density at radius 2 is 1.65 bits per heavy atom. The molecule has 5 nitrogen and oxygen atoms in total. The van der Waals surface area contributed by atoms with E-state index in [4.69, 9.17) is 10.00 Å². The monoisotopic (exact) mass is 417 g/mol. The molecule has 0 atom stereocenters. The fourth-order valence-electron chi connectivity index (χ4n) is 4.91. The summed E-state index contributed by atoms with van der Waals surface area (Å²) in [6, 6.07) is 17.4. The molecule has 0 bridgehead atoms. The Labute approximate surface area is 185 Å². The summed E-state index contributed by atoms with van der Waals surface area (Å²) in [6.45, 7) is 7.51. The van der Waals surface area contributed by atoms with Crippen molar-refractivity contribution in [2.45, 2.75) is 39.2 Å². The Bertz CT molecular complexity index is 930. The second-order valence-corrected chi connectivity index (χ2v) is 8.80. The van der Waals surface area contributed by atoms with Crippen molar-refractivity contribution < 1.29 is 9.53 Å². The number of rotatable bonds is 5. The van der Waals surface area contributed by atoms with Crippen LogP contribution in [0.3, 0.4) is 0 Å². The number of carbonyl (C=O) groups excluding carboxylic acids is 1. The van der Waals surface area contributed by atoms with Crippen molar-refractivity contribution in [2.24, 2.45) is 5.41 Å². The van der Waals surface area contributed by atoms with E-state index in [1.165, 1.54) is 18.4 Å². The minimum atomic E-state index is 0.0873. The number of carbonyl (C=O) groups is 1. The number of hydrogen-bond acceptors (Lipinski definition) is 4. The molecule has 0 N–H and O–H groups in total. The van der Waals surface area contributed by atoms with Crippen LogP contribution < -0.4 is 4.74 Å². The Balaban J connectivity index is 1.29. The minimum absolute atomic E-state index is 0.0873. The first-order valence-electron chi connectivity index (χ1n) is 11.3. The molecule has 1 spiro atoms. The zero-order valence-corrected chi connectivity index (χ0v) is 18.3. The third kappa shape index (κ3) is 4.91. The quantitative estimate of drug-likeness (QED) is 0.720. The number of hydrogen-bond donors (Lipinski definition) is 0. The number of amides is 1. The molecule has 0 aliphatic carbocycles. The Morgan fingerprint density at radius 1 is 1.00 bits per heavy atom. The lowest BCUT2D eigenvalue weighted by Crippen LogP contribution is -2.48. The van der Waals surface area contributed by atoms with Crippen molar-refractivity contribution in [3.05, 3.63) is 65.2 Å². The van der Waals surface area contributed by atoms with Crippen molar-refractivity contribution in [3.63, 3.8) is 0 Å². The predicted octanol–water partition coefficient (Wildman–Crippen LogP) is 4.48. The standard InChI is InChI=1S/C26H31N3O2/c1-2-31-24-6-4-3-5-23(24)20-28-15-11-26(12-16-28)13-17-29(18-14-26)25(30)22-9-7-21(19-27)8-10-22/h3-10H,2,11-18,20H2,1H3. The van der Waals surface area contributed by atoms with E-state index in [2.05, 4.69) is 29.2 Å². The lowest BCUT2D eigenvalue weighted by Gasteiger charge is -2.47. The van der Waals surface area contributed by atoms with Gasteiger partial charge in [0, 0.05) is 30.8 Å². The number of nitrogens with zero attached hydrogens (tertiary/aromatic N) is 3. The summed E-state index contributed by atoms with van der Waals surface area (Å²) in [4.78, 5) is 17.4. The maximum atomic E-state index is 12.8. The van der Waals surface area contributed by atoms with Crippen LogP contribution in [0.2, 0.25) is 0 Å². The van der Waals surface area contributed by atoms with Crippen LogP contribution in [0.1, 0.15) is 54.1 Å². The molecule has 0 saturated carbocycles. The van der Waals surface area contributed by atoms with Crippen molar-refractivity contribution in [1.29, 1.82) is 5.26 Å². The van der Waals surface area contributed by atoms with Gasteiger partial charge in [-0.05, 0) is 81.4 Å². The molecule has 2 aromatic carbocycles. The Morgan fingerprint density at radius 3 is 2.29 bits per heavy atom. The molecule has 0 radical (unpaired) electrons. The third-order valence-corrected chi connectivity index (χ3v) is 6.96. The van der Waals surface area contributed by atoms with Gasteiger partial charge in [-0.2, -0.15) is 5.26 Å². The molecule has 2 heterocycles. The molecule has 0 aromatic heterocycles. The molecule has 2 fully saturated rings. The fourth-order valence-corrected chi connectivity index (χ4v) is 4.91. The normalized spacial score (nSPS) is 18.5. The predicted molar refractivity (Wildman–Crippen MR) is 121 cm³/mol. The van der Waals surface area contributed by atoms with Gasteiger partial charge in [0.1, 0.15) is 5.75 Å². The highest BCUT2D eigenvalue weighted by atomic mass is 16.5. The van der Waals surface area contributed by atoms with Gasteiger partial charge in [-0.15, -0.1) is 0 Å². The summed E-state index contributed by atoms with van der Waals surface area (Å²) in [7, 11) is 0. The van der Waals surface area contributed by atoms with Gasteiger partial charge >= 0.3 is 0 Å². The van der Waals surface area contributed by atoms with E-state index in [1.54, 1.807) is 24.3 Å². The van der Waals surface area contributed by atoms with E-state index in [1.807, 2.05) is 17.9 Å². The zero-order chi connectivity index (χ0) is 21.7. The van der Waals surface area contributed by atoms with Crippen LogP contribution in [-0.2, 0) is 6.54 Å². The second kappa shape index (κ2) is 9.53. The number of para-hydroxylation sites is 1. The maximum Gasteiger partial charge on any atom is 0.253 e. The molecule has 5 heteroatoms. The molecule has 2 saturated heterocycles. The van der Waals surface area contributed by atoms with E-state index < -0.39 is 0 Å². The average molecular weight is 418 g/mol. The molecule has 31 heavy (non-hydrogen) atoms. The summed E-state index contributed by atoms with van der Waals surface area (Å²) < 4.78 is 5.79. The second-order valence-electron chi connectivity index (χ2n) is 8.80. The number of likely N-dealkylation sites (tertiary alicyclic amines) is 2. The van der Waals surface area contributed by atoms with Crippen LogP contribution in [0.5, 0.6) is 5.75 Å². The van der Waals surface area contributed by atoms with E-state index in [0.717, 1.165) is 51.3 Å².